The molecule has 0 unspecified atom stereocenters. The molecular weight excluding hydrogens is 362 g/mol. The van der Waals surface area contributed by atoms with Gasteiger partial charge in [0.25, 0.3) is 0 Å². The number of methoxy groups -OCH3 is 1. The average Bonchev–Trinajstić information content (AvgIpc) is 2.72. The summed E-state index contributed by atoms with van der Waals surface area (Å²) in [5.41, 5.74) is 2.07. The lowest BCUT2D eigenvalue weighted by Crippen LogP contribution is -2.38. The monoisotopic (exact) mass is 387 g/mol. The van der Waals surface area contributed by atoms with Crippen molar-refractivity contribution in [1.82, 2.24) is 4.90 Å². The van der Waals surface area contributed by atoms with E-state index in [4.69, 9.17) is 9.47 Å². The minimum absolute atomic E-state index is 0.272. The summed E-state index contributed by atoms with van der Waals surface area (Å²) in [7, 11) is 0.527. The van der Waals surface area contributed by atoms with E-state index in [1.54, 1.807) is 18.3 Å². The molecule has 2 aromatic carbocycles. The van der Waals surface area contributed by atoms with Crippen molar-refractivity contribution in [2.24, 2.45) is 0 Å². The Morgan fingerprint density at radius 3 is 2.48 bits per heavy atom. The van der Waals surface area contributed by atoms with E-state index in [2.05, 4.69) is 0 Å². The molecule has 27 heavy (non-hydrogen) atoms. The van der Waals surface area contributed by atoms with Crippen LogP contribution in [0.5, 0.6) is 5.75 Å². The molecule has 144 valence electrons. The molecule has 0 N–H and O–H groups in total. The Labute approximate surface area is 162 Å². The number of nitrogens with zero attached hydrogens (tertiary/aromatic N) is 1. The molecule has 0 aliphatic carbocycles. The zero-order valence-electron chi connectivity index (χ0n) is 15.7. The van der Waals surface area contributed by atoms with E-state index in [9.17, 15) is 9.00 Å². The fourth-order valence-electron chi connectivity index (χ4n) is 3.41. The van der Waals surface area contributed by atoms with Gasteiger partial charge >= 0.3 is 6.09 Å². The second-order valence-corrected chi connectivity index (χ2v) is 8.01. The number of piperidine rings is 1. The van der Waals surface area contributed by atoms with Gasteiger partial charge in [0.2, 0.25) is 0 Å². The van der Waals surface area contributed by atoms with Crippen LogP contribution in [0.3, 0.4) is 0 Å². The molecule has 0 spiro atoms. The van der Waals surface area contributed by atoms with Crippen molar-refractivity contribution in [2.45, 2.75) is 30.3 Å². The van der Waals surface area contributed by atoms with E-state index in [0.29, 0.717) is 18.8 Å². The largest absolute Gasteiger partial charge is 0.497 e. The van der Waals surface area contributed by atoms with Crippen LogP contribution in [0.1, 0.15) is 29.9 Å². The predicted octanol–water partition coefficient (Wildman–Crippen LogP) is 3.95. The van der Waals surface area contributed by atoms with E-state index in [0.717, 1.165) is 28.9 Å². The number of amides is 1. The Kier molecular flexibility index (Phi) is 6.50. The smallest absolute Gasteiger partial charge is 0.410 e. The Hall–Kier alpha value is -2.34. The summed E-state index contributed by atoms with van der Waals surface area (Å²) >= 11 is 0. The van der Waals surface area contributed by atoms with Gasteiger partial charge in [-0.2, -0.15) is 0 Å². The van der Waals surface area contributed by atoms with Crippen molar-refractivity contribution < 1.29 is 18.5 Å². The van der Waals surface area contributed by atoms with Crippen LogP contribution >= 0.6 is 0 Å². The van der Waals surface area contributed by atoms with Gasteiger partial charge in [0.1, 0.15) is 12.4 Å². The minimum atomic E-state index is -1.08. The molecule has 6 heteroatoms. The molecule has 1 aliphatic rings. The number of carbonyl (C=O) groups excluding carboxylic acids is 1. The van der Waals surface area contributed by atoms with Gasteiger partial charge in [0.15, 0.2) is 0 Å². The van der Waals surface area contributed by atoms with Crippen LogP contribution in [-0.4, -0.2) is 41.7 Å². The van der Waals surface area contributed by atoms with E-state index < -0.39 is 10.8 Å². The van der Waals surface area contributed by atoms with Crippen LogP contribution in [0.25, 0.3) is 0 Å². The highest BCUT2D eigenvalue weighted by Crippen LogP contribution is 2.33. The zero-order chi connectivity index (χ0) is 19.2. The summed E-state index contributed by atoms with van der Waals surface area (Å²) in [6, 6.07) is 15.4. The van der Waals surface area contributed by atoms with Gasteiger partial charge in [-0.25, -0.2) is 4.79 Å². The Morgan fingerprint density at radius 2 is 1.85 bits per heavy atom. The van der Waals surface area contributed by atoms with Crippen molar-refractivity contribution in [3.63, 3.8) is 0 Å². The van der Waals surface area contributed by atoms with Crippen molar-refractivity contribution in [3.8, 4) is 5.75 Å². The summed E-state index contributed by atoms with van der Waals surface area (Å²) < 4.78 is 22.8. The number of hydrogen-bond acceptors (Lipinski definition) is 4. The second kappa shape index (κ2) is 9.04. The first kappa shape index (κ1) is 19.4. The van der Waals surface area contributed by atoms with Gasteiger partial charge in [-0.1, -0.05) is 36.4 Å². The van der Waals surface area contributed by atoms with Crippen molar-refractivity contribution in [3.05, 3.63) is 59.7 Å². The third kappa shape index (κ3) is 4.89. The number of hydrogen-bond donors (Lipinski definition) is 0. The van der Waals surface area contributed by atoms with Crippen molar-refractivity contribution in [1.29, 1.82) is 0 Å². The number of ether oxygens (including phenoxy) is 2. The summed E-state index contributed by atoms with van der Waals surface area (Å²) in [5.74, 6) is 0.999. The van der Waals surface area contributed by atoms with Crippen molar-refractivity contribution >= 4 is 16.9 Å². The number of benzene rings is 2. The maximum absolute atomic E-state index is 12.3. The molecule has 0 aromatic heterocycles. The van der Waals surface area contributed by atoms with Gasteiger partial charge in [-0.15, -0.1) is 0 Å². The maximum atomic E-state index is 12.3. The van der Waals surface area contributed by atoms with Crippen LogP contribution in [0.15, 0.2) is 53.4 Å². The van der Waals surface area contributed by atoms with Gasteiger partial charge < -0.3 is 14.4 Å². The molecule has 1 fully saturated rings. The van der Waals surface area contributed by atoms with Gasteiger partial charge in [0.05, 0.1) is 17.9 Å². The van der Waals surface area contributed by atoms with Crippen LogP contribution in [0.4, 0.5) is 4.79 Å². The van der Waals surface area contributed by atoms with E-state index >= 15 is 0 Å². The fraction of sp³-hybridized carbons (Fsp3) is 0.381. The summed E-state index contributed by atoms with van der Waals surface area (Å²) in [6.45, 7) is 1.57. The molecule has 0 bridgehead atoms. The lowest BCUT2D eigenvalue weighted by molar-refractivity contribution is 0.0869. The molecule has 1 atom stereocenters. The number of carbonyl (C=O) groups is 1. The van der Waals surface area contributed by atoms with Crippen LogP contribution in [-0.2, 0) is 22.1 Å². The molecule has 1 amide bonds. The number of rotatable bonds is 5. The topological polar surface area (TPSA) is 55.8 Å². The van der Waals surface area contributed by atoms with Crippen LogP contribution in [0, 0.1) is 0 Å². The molecule has 1 aliphatic heterocycles. The lowest BCUT2D eigenvalue weighted by atomic mass is 9.89. The Balaban J connectivity index is 1.58. The van der Waals surface area contributed by atoms with Crippen LogP contribution < -0.4 is 4.74 Å². The first-order valence-electron chi connectivity index (χ1n) is 9.05. The minimum Gasteiger partial charge on any atom is -0.497 e. The molecule has 2 aromatic rings. The van der Waals surface area contributed by atoms with E-state index in [1.165, 1.54) is 0 Å². The molecule has 1 heterocycles. The summed E-state index contributed by atoms with van der Waals surface area (Å²) in [5, 5.41) is 0. The summed E-state index contributed by atoms with van der Waals surface area (Å²) in [4.78, 5) is 14.9. The van der Waals surface area contributed by atoms with Crippen LogP contribution in [0.2, 0.25) is 0 Å². The highest BCUT2D eigenvalue weighted by molar-refractivity contribution is 7.84. The van der Waals surface area contributed by atoms with Gasteiger partial charge in [-0.05, 0) is 42.0 Å². The molecular formula is C21H25NO4S. The van der Waals surface area contributed by atoms with Crippen molar-refractivity contribution in [2.75, 3.05) is 26.5 Å². The molecule has 5 nitrogen and oxygen atoms in total. The molecule has 0 saturated carbocycles. The first-order valence-corrected chi connectivity index (χ1v) is 10.6. The predicted molar refractivity (Wildman–Crippen MR) is 106 cm³/mol. The normalized spacial score (nSPS) is 16.0. The van der Waals surface area contributed by atoms with Gasteiger partial charge in [0, 0.05) is 24.2 Å². The van der Waals surface area contributed by atoms with E-state index in [1.807, 2.05) is 48.5 Å². The molecule has 3 rings (SSSR count). The maximum Gasteiger partial charge on any atom is 0.410 e. The standard InChI is InChI=1S/C21H25NO4S/c1-25-18-8-9-19(20(14-18)27(2)24)17-10-12-22(13-11-17)21(23)26-15-16-6-4-3-5-7-16/h3-9,14,17H,10-13,15H2,1-2H3/t27-/m0/s1. The highest BCUT2D eigenvalue weighted by Gasteiger charge is 2.27. The third-order valence-electron chi connectivity index (χ3n) is 4.93. The Morgan fingerprint density at radius 1 is 1.15 bits per heavy atom. The van der Waals surface area contributed by atoms with Gasteiger partial charge in [-0.3, -0.25) is 4.21 Å². The zero-order valence-corrected chi connectivity index (χ0v) is 16.5. The lowest BCUT2D eigenvalue weighted by Gasteiger charge is -2.32. The first-order chi connectivity index (χ1) is 13.1. The summed E-state index contributed by atoms with van der Waals surface area (Å²) in [6.07, 6.45) is 3.08. The molecule has 1 saturated heterocycles. The Bertz CT molecular complexity index is 801. The fourth-order valence-corrected chi connectivity index (χ4v) is 4.26. The second-order valence-electron chi connectivity index (χ2n) is 6.66. The third-order valence-corrected chi connectivity index (χ3v) is 5.90. The number of likely N-dealkylation sites (tertiary alicyclic amines) is 1. The highest BCUT2D eigenvalue weighted by atomic mass is 32.2. The van der Waals surface area contributed by atoms with E-state index in [-0.39, 0.29) is 18.6 Å². The quantitative estimate of drug-likeness (QED) is 0.780. The average molecular weight is 388 g/mol. The molecule has 0 radical (unpaired) electrons. The SMILES string of the molecule is COc1ccc(C2CCN(C(=O)OCc3ccccc3)CC2)c([S@](C)=O)c1.